The van der Waals surface area contributed by atoms with Crippen LogP contribution in [0.4, 0.5) is 4.39 Å². The number of nitrogens with zero attached hydrogens (tertiary/aromatic N) is 2. The number of hydrogen-bond donors (Lipinski definition) is 1. The Morgan fingerprint density at radius 3 is 2.31 bits per heavy atom. The van der Waals surface area contributed by atoms with Crippen molar-refractivity contribution in [1.29, 1.82) is 0 Å². The van der Waals surface area contributed by atoms with E-state index in [1.807, 2.05) is 30.3 Å². The number of benzene rings is 3. The van der Waals surface area contributed by atoms with Crippen molar-refractivity contribution < 1.29 is 9.13 Å². The maximum absolute atomic E-state index is 14.9. The third-order valence-electron chi connectivity index (χ3n) is 6.10. The van der Waals surface area contributed by atoms with E-state index in [1.165, 1.54) is 22.8 Å². The van der Waals surface area contributed by atoms with Gasteiger partial charge in [0.25, 0.3) is 5.56 Å². The molecular weight excluding hydrogens is 492 g/mol. The predicted molar refractivity (Wildman–Crippen MR) is 134 cm³/mol. The molecule has 2 atom stereocenters. The van der Waals surface area contributed by atoms with Gasteiger partial charge >= 0.3 is 5.69 Å². The summed E-state index contributed by atoms with van der Waals surface area (Å²) in [6, 6.07) is 18.6. The molecule has 0 saturated carbocycles. The van der Waals surface area contributed by atoms with Crippen LogP contribution in [0, 0.1) is 5.82 Å². The van der Waals surface area contributed by atoms with Crippen molar-refractivity contribution in [2.75, 3.05) is 6.61 Å². The number of fused-ring (bicyclic) bond motifs is 1. The summed E-state index contributed by atoms with van der Waals surface area (Å²) >= 11 is 12.9. The molecule has 4 aromatic rings. The van der Waals surface area contributed by atoms with Crippen LogP contribution in [0.1, 0.15) is 23.2 Å². The van der Waals surface area contributed by atoms with E-state index in [9.17, 15) is 14.0 Å². The van der Waals surface area contributed by atoms with E-state index in [0.717, 1.165) is 10.1 Å². The Labute approximate surface area is 209 Å². The van der Waals surface area contributed by atoms with Crippen LogP contribution < -0.4 is 21.7 Å². The maximum Gasteiger partial charge on any atom is 0.334 e. The monoisotopic (exact) mass is 511 g/mol. The van der Waals surface area contributed by atoms with Crippen molar-refractivity contribution in [3.63, 3.8) is 0 Å². The minimum Gasteiger partial charge on any atom is -0.476 e. The smallest absolute Gasteiger partial charge is 0.334 e. The second-order valence-electron chi connectivity index (χ2n) is 8.21. The van der Waals surface area contributed by atoms with E-state index < -0.39 is 29.1 Å². The Morgan fingerprint density at radius 2 is 1.63 bits per heavy atom. The average molecular weight is 512 g/mol. The van der Waals surface area contributed by atoms with E-state index >= 15 is 0 Å². The summed E-state index contributed by atoms with van der Waals surface area (Å²) in [4.78, 5) is 27.4. The summed E-state index contributed by atoms with van der Waals surface area (Å²) in [7, 11) is 0. The Balaban J connectivity index is 1.77. The number of halogens is 3. The fourth-order valence-electron chi connectivity index (χ4n) is 4.40. The summed E-state index contributed by atoms with van der Waals surface area (Å²) in [5.74, 6) is -0.650. The lowest BCUT2D eigenvalue weighted by atomic mass is 10.1. The fraction of sp³-hybridized carbons (Fsp3) is 0.154. The van der Waals surface area contributed by atoms with Gasteiger partial charge in [0.1, 0.15) is 24.0 Å². The number of hydrogen-bond acceptors (Lipinski definition) is 4. The van der Waals surface area contributed by atoms with Gasteiger partial charge in [-0.15, -0.1) is 0 Å². The van der Waals surface area contributed by atoms with Crippen molar-refractivity contribution in [2.24, 2.45) is 5.73 Å². The van der Waals surface area contributed by atoms with Crippen LogP contribution in [0.3, 0.4) is 0 Å². The molecule has 1 aromatic heterocycles. The van der Waals surface area contributed by atoms with Gasteiger partial charge in [-0.05, 0) is 23.8 Å². The quantitative estimate of drug-likeness (QED) is 0.417. The molecule has 6 nitrogen and oxygen atoms in total. The lowest BCUT2D eigenvalue weighted by Gasteiger charge is -2.20. The van der Waals surface area contributed by atoms with Gasteiger partial charge in [0.2, 0.25) is 5.88 Å². The highest BCUT2D eigenvalue weighted by Gasteiger charge is 2.35. The molecule has 1 aliphatic rings. The molecule has 0 fully saturated rings. The highest BCUT2D eigenvalue weighted by molar-refractivity contribution is 6.36. The predicted octanol–water partition coefficient (Wildman–Crippen LogP) is 4.80. The summed E-state index contributed by atoms with van der Waals surface area (Å²) < 4.78 is 23.1. The lowest BCUT2D eigenvalue weighted by molar-refractivity contribution is 0.343. The van der Waals surface area contributed by atoms with Crippen LogP contribution in [-0.4, -0.2) is 15.7 Å². The second-order valence-corrected chi connectivity index (χ2v) is 9.02. The Kier molecular flexibility index (Phi) is 6.23. The van der Waals surface area contributed by atoms with Gasteiger partial charge in [-0.25, -0.2) is 9.18 Å². The molecule has 0 aliphatic carbocycles. The van der Waals surface area contributed by atoms with Gasteiger partial charge in [0.05, 0.1) is 6.54 Å². The molecule has 5 rings (SSSR count). The van der Waals surface area contributed by atoms with Crippen LogP contribution in [0.5, 0.6) is 5.88 Å². The second kappa shape index (κ2) is 9.34. The van der Waals surface area contributed by atoms with Gasteiger partial charge in [-0.3, -0.25) is 13.9 Å². The van der Waals surface area contributed by atoms with Gasteiger partial charge in [0, 0.05) is 27.2 Å². The average Bonchev–Trinajstić information content (AvgIpc) is 3.28. The van der Waals surface area contributed by atoms with Crippen LogP contribution in [-0.2, 0) is 6.54 Å². The van der Waals surface area contributed by atoms with Crippen LogP contribution in [0.25, 0.3) is 11.1 Å². The molecule has 0 saturated heterocycles. The molecule has 3 aromatic carbocycles. The first-order valence-corrected chi connectivity index (χ1v) is 11.7. The van der Waals surface area contributed by atoms with E-state index in [2.05, 4.69) is 0 Å². The standard InChI is InChI=1S/C26H20Cl2FN3O3/c27-17-10-6-11-18(28)23(17)21-14-35-25-22(16-9-4-5-12-19(16)29)24(33)31(26(34)32(21)25)13-20(30)15-7-2-1-3-8-15/h1-12,20-21H,13-14,30H2. The van der Waals surface area contributed by atoms with E-state index in [1.54, 1.807) is 24.3 Å². The topological polar surface area (TPSA) is 79.2 Å². The molecule has 178 valence electrons. The third-order valence-corrected chi connectivity index (χ3v) is 6.76. The zero-order valence-corrected chi connectivity index (χ0v) is 19.8. The van der Waals surface area contributed by atoms with Gasteiger partial charge in [0.15, 0.2) is 0 Å². The van der Waals surface area contributed by atoms with Gasteiger partial charge < -0.3 is 10.5 Å². The summed E-state index contributed by atoms with van der Waals surface area (Å²) in [5.41, 5.74) is 6.22. The SMILES string of the molecule is NC(Cn1c(=O)c(-c2ccccc2F)c2n(c1=O)C(c1c(Cl)cccc1Cl)CO2)c1ccccc1. The first kappa shape index (κ1) is 23.4. The highest BCUT2D eigenvalue weighted by Crippen LogP contribution is 2.40. The van der Waals surface area contributed by atoms with Gasteiger partial charge in [-0.1, -0.05) is 77.8 Å². The number of ether oxygens (including phenoxy) is 1. The summed E-state index contributed by atoms with van der Waals surface area (Å²) in [5, 5.41) is 0.689. The van der Waals surface area contributed by atoms with E-state index in [0.29, 0.717) is 15.6 Å². The molecule has 0 bridgehead atoms. The van der Waals surface area contributed by atoms with Crippen molar-refractivity contribution >= 4 is 23.2 Å². The van der Waals surface area contributed by atoms with Crippen LogP contribution >= 0.6 is 23.2 Å². The molecule has 2 unspecified atom stereocenters. The van der Waals surface area contributed by atoms with Crippen molar-refractivity contribution in [3.05, 3.63) is 121 Å². The first-order valence-electron chi connectivity index (χ1n) is 10.9. The molecule has 0 spiro atoms. The number of nitrogens with two attached hydrogens (primary N) is 1. The van der Waals surface area contributed by atoms with Crippen molar-refractivity contribution in [2.45, 2.75) is 18.6 Å². The molecule has 0 radical (unpaired) electrons. The number of aromatic nitrogens is 2. The highest BCUT2D eigenvalue weighted by atomic mass is 35.5. The zero-order valence-electron chi connectivity index (χ0n) is 18.3. The van der Waals surface area contributed by atoms with Crippen LogP contribution in [0.2, 0.25) is 10.0 Å². The normalized spacial score (nSPS) is 15.5. The van der Waals surface area contributed by atoms with Crippen LogP contribution in [0.15, 0.2) is 82.4 Å². The Morgan fingerprint density at radius 1 is 0.971 bits per heavy atom. The minimum atomic E-state index is -0.718. The Bertz CT molecular complexity index is 1520. The minimum absolute atomic E-state index is 0.00562. The van der Waals surface area contributed by atoms with Crippen molar-refractivity contribution in [3.8, 4) is 17.0 Å². The largest absolute Gasteiger partial charge is 0.476 e. The molecule has 1 aliphatic heterocycles. The van der Waals surface area contributed by atoms with E-state index in [4.69, 9.17) is 33.7 Å². The van der Waals surface area contributed by atoms with Gasteiger partial charge in [-0.2, -0.15) is 0 Å². The summed E-state index contributed by atoms with van der Waals surface area (Å²) in [6.45, 7) is -0.124. The van der Waals surface area contributed by atoms with Crippen molar-refractivity contribution in [1.82, 2.24) is 9.13 Å². The molecule has 2 heterocycles. The first-order chi connectivity index (χ1) is 16.9. The number of rotatable bonds is 5. The molecule has 0 amide bonds. The zero-order chi connectivity index (χ0) is 24.7. The molecule has 35 heavy (non-hydrogen) atoms. The molecule has 9 heteroatoms. The third kappa shape index (κ3) is 4.05. The molecule has 2 N–H and O–H groups in total. The fourth-order valence-corrected chi connectivity index (χ4v) is 5.05. The van der Waals surface area contributed by atoms with E-state index in [-0.39, 0.29) is 30.2 Å². The molecular formula is C26H20Cl2FN3O3. The Hall–Kier alpha value is -3.39. The summed E-state index contributed by atoms with van der Waals surface area (Å²) in [6.07, 6.45) is 0. The lowest BCUT2D eigenvalue weighted by Crippen LogP contribution is -2.43. The maximum atomic E-state index is 14.9.